The zero-order chi connectivity index (χ0) is 16.9. The number of primary sulfonamides is 1. The predicted octanol–water partition coefficient (Wildman–Crippen LogP) is 2.22. The molecule has 2 aromatic rings. The van der Waals surface area contributed by atoms with E-state index in [4.69, 9.17) is 9.88 Å². The molecule has 0 bridgehead atoms. The molecule has 2 rings (SSSR count). The van der Waals surface area contributed by atoms with Crippen LogP contribution < -0.4 is 15.2 Å². The van der Waals surface area contributed by atoms with E-state index in [1.165, 1.54) is 6.07 Å². The van der Waals surface area contributed by atoms with Crippen LogP contribution in [0.5, 0.6) is 11.5 Å². The first-order valence-corrected chi connectivity index (χ1v) is 8.38. The summed E-state index contributed by atoms with van der Waals surface area (Å²) in [5.74, 6) is 0.550. The zero-order valence-corrected chi connectivity index (χ0v) is 13.2. The van der Waals surface area contributed by atoms with E-state index < -0.39 is 10.0 Å². The highest BCUT2D eigenvalue weighted by molar-refractivity contribution is 7.89. The molecule has 0 atom stereocenters. The van der Waals surface area contributed by atoms with Crippen LogP contribution in [-0.4, -0.2) is 20.1 Å². The number of nitrogens with two attached hydrogens (primary N) is 1. The van der Waals surface area contributed by atoms with Gasteiger partial charge >= 0.3 is 0 Å². The Morgan fingerprint density at radius 2 is 1.96 bits per heavy atom. The molecule has 7 heteroatoms. The summed E-state index contributed by atoms with van der Waals surface area (Å²) in [7, 11) is -4.04. The van der Waals surface area contributed by atoms with Gasteiger partial charge in [0.2, 0.25) is 10.0 Å². The lowest BCUT2D eigenvalue weighted by Crippen LogP contribution is -2.15. The summed E-state index contributed by atoms with van der Waals surface area (Å²) in [6.45, 7) is 3.68. The van der Waals surface area contributed by atoms with Crippen LogP contribution in [0, 0.1) is 0 Å². The van der Waals surface area contributed by atoms with Crippen molar-refractivity contribution in [2.45, 2.75) is 11.5 Å². The molecule has 122 valence electrons. The molecule has 0 amide bonds. The smallest absolute Gasteiger partial charge is 0.241 e. The molecule has 0 saturated carbocycles. The number of rotatable bonds is 7. The molecule has 0 aliphatic carbocycles. The van der Waals surface area contributed by atoms with Gasteiger partial charge in [0.1, 0.15) is 10.6 Å². The highest BCUT2D eigenvalue weighted by Crippen LogP contribution is 2.37. The second kappa shape index (κ2) is 7.28. The molecule has 0 fully saturated rings. The Labute approximate surface area is 135 Å². The molecule has 6 nitrogen and oxygen atoms in total. The average Bonchev–Trinajstić information content (AvgIpc) is 2.53. The zero-order valence-electron chi connectivity index (χ0n) is 12.4. The molecule has 0 saturated heterocycles. The van der Waals surface area contributed by atoms with Gasteiger partial charge in [0.15, 0.2) is 5.75 Å². The second-order valence-corrected chi connectivity index (χ2v) is 6.29. The number of nitrogens with one attached hydrogen (secondary N) is 1. The van der Waals surface area contributed by atoms with E-state index in [0.29, 0.717) is 23.5 Å². The van der Waals surface area contributed by atoms with Crippen LogP contribution in [-0.2, 0) is 16.6 Å². The van der Waals surface area contributed by atoms with Gasteiger partial charge in [-0.15, -0.1) is 6.58 Å². The van der Waals surface area contributed by atoms with Gasteiger partial charge in [-0.2, -0.15) is 0 Å². The van der Waals surface area contributed by atoms with Crippen molar-refractivity contribution in [3.8, 4) is 11.5 Å². The van der Waals surface area contributed by atoms with Gasteiger partial charge < -0.3 is 15.2 Å². The number of para-hydroxylation sites is 1. The van der Waals surface area contributed by atoms with Crippen molar-refractivity contribution in [3.05, 3.63) is 60.7 Å². The summed E-state index contributed by atoms with van der Waals surface area (Å²) < 4.78 is 29.5. The van der Waals surface area contributed by atoms with E-state index in [1.807, 2.05) is 6.07 Å². The highest BCUT2D eigenvalue weighted by atomic mass is 32.2. The van der Waals surface area contributed by atoms with Crippen molar-refractivity contribution in [1.82, 2.24) is 0 Å². The maximum Gasteiger partial charge on any atom is 0.241 e. The first-order valence-electron chi connectivity index (χ1n) is 6.84. The Kier molecular flexibility index (Phi) is 5.38. The van der Waals surface area contributed by atoms with E-state index in [0.717, 1.165) is 0 Å². The number of hydrogen-bond donors (Lipinski definition) is 3. The summed E-state index contributed by atoms with van der Waals surface area (Å²) in [6, 6.07) is 11.7. The summed E-state index contributed by atoms with van der Waals surface area (Å²) in [5, 5.41) is 17.6. The van der Waals surface area contributed by atoms with Gasteiger partial charge in [-0.05, 0) is 29.8 Å². The Hall–Kier alpha value is -2.35. The first kappa shape index (κ1) is 17.0. The Bertz CT molecular complexity index is 789. The minimum atomic E-state index is -4.04. The van der Waals surface area contributed by atoms with Crippen LogP contribution >= 0.6 is 0 Å². The minimum absolute atomic E-state index is 0.0813. The third kappa shape index (κ3) is 4.32. The number of aliphatic hydroxyl groups excluding tert-OH is 1. The molecular weight excluding hydrogens is 316 g/mol. The lowest BCUT2D eigenvalue weighted by atomic mass is 10.2. The monoisotopic (exact) mass is 334 g/mol. The normalized spacial score (nSPS) is 11.0. The first-order chi connectivity index (χ1) is 11.0. The van der Waals surface area contributed by atoms with Crippen LogP contribution in [0.4, 0.5) is 5.69 Å². The van der Waals surface area contributed by atoms with E-state index in [2.05, 4.69) is 11.9 Å². The fourth-order valence-corrected chi connectivity index (χ4v) is 2.71. The summed E-state index contributed by atoms with van der Waals surface area (Å²) in [6.07, 6.45) is 1.62. The molecule has 0 radical (unpaired) electrons. The molecule has 2 aromatic carbocycles. The fraction of sp³-hybridized carbons (Fsp3) is 0.125. The fourth-order valence-electron chi connectivity index (χ4n) is 1.99. The minimum Gasteiger partial charge on any atom is -0.454 e. The Morgan fingerprint density at radius 1 is 1.26 bits per heavy atom. The Balaban J connectivity index is 2.60. The lowest BCUT2D eigenvalue weighted by Gasteiger charge is -2.17. The van der Waals surface area contributed by atoms with Gasteiger partial charge in [-0.25, -0.2) is 13.6 Å². The number of ether oxygens (including phenoxy) is 1. The number of hydrogen-bond acceptors (Lipinski definition) is 5. The third-order valence-electron chi connectivity index (χ3n) is 3.00. The van der Waals surface area contributed by atoms with Crippen molar-refractivity contribution in [2.75, 3.05) is 11.9 Å². The highest BCUT2D eigenvalue weighted by Gasteiger charge is 2.21. The second-order valence-electron chi connectivity index (χ2n) is 4.76. The van der Waals surface area contributed by atoms with E-state index in [-0.39, 0.29) is 17.3 Å². The number of benzene rings is 2. The van der Waals surface area contributed by atoms with Gasteiger partial charge in [0.25, 0.3) is 0 Å². The van der Waals surface area contributed by atoms with Crippen molar-refractivity contribution in [1.29, 1.82) is 0 Å². The molecule has 0 unspecified atom stereocenters. The SMILES string of the molecule is C=CCNc1cc(CO)cc(S(N)(=O)=O)c1Oc1ccccc1. The van der Waals surface area contributed by atoms with Crippen molar-refractivity contribution in [2.24, 2.45) is 5.14 Å². The molecule has 0 aliphatic rings. The van der Waals surface area contributed by atoms with Gasteiger partial charge in [0, 0.05) is 6.54 Å². The summed E-state index contributed by atoms with van der Waals surface area (Å²) >= 11 is 0. The number of anilines is 1. The van der Waals surface area contributed by atoms with E-state index in [9.17, 15) is 13.5 Å². The summed E-state index contributed by atoms with van der Waals surface area (Å²) in [5.41, 5.74) is 0.810. The van der Waals surface area contributed by atoms with Crippen LogP contribution in [0.3, 0.4) is 0 Å². The third-order valence-corrected chi connectivity index (χ3v) is 3.92. The molecule has 0 spiro atoms. The largest absolute Gasteiger partial charge is 0.454 e. The molecule has 0 aliphatic heterocycles. The number of sulfonamides is 1. The van der Waals surface area contributed by atoms with Crippen LogP contribution in [0.2, 0.25) is 0 Å². The van der Waals surface area contributed by atoms with Crippen LogP contribution in [0.15, 0.2) is 60.0 Å². The van der Waals surface area contributed by atoms with Crippen molar-refractivity contribution < 1.29 is 18.3 Å². The van der Waals surface area contributed by atoms with Gasteiger partial charge in [-0.1, -0.05) is 24.3 Å². The standard InChI is InChI=1S/C16H18N2O4S/c1-2-8-18-14-9-12(11-19)10-15(23(17,20)21)16(14)22-13-6-4-3-5-7-13/h2-7,9-10,18-19H,1,8,11H2,(H2,17,20,21). The molecular formula is C16H18N2O4S. The maximum absolute atomic E-state index is 11.9. The number of aliphatic hydroxyl groups is 1. The van der Waals surface area contributed by atoms with E-state index >= 15 is 0 Å². The van der Waals surface area contributed by atoms with Crippen LogP contribution in [0.1, 0.15) is 5.56 Å². The maximum atomic E-state index is 11.9. The molecule has 23 heavy (non-hydrogen) atoms. The quantitative estimate of drug-likeness (QED) is 0.674. The molecule has 0 heterocycles. The lowest BCUT2D eigenvalue weighted by molar-refractivity contribution is 0.281. The summed E-state index contributed by atoms with van der Waals surface area (Å²) in [4.78, 5) is -0.195. The molecule has 4 N–H and O–H groups in total. The van der Waals surface area contributed by atoms with Crippen molar-refractivity contribution >= 4 is 15.7 Å². The van der Waals surface area contributed by atoms with Crippen molar-refractivity contribution in [3.63, 3.8) is 0 Å². The average molecular weight is 334 g/mol. The topological polar surface area (TPSA) is 102 Å². The molecule has 0 aromatic heterocycles. The van der Waals surface area contributed by atoms with E-state index in [1.54, 1.807) is 36.4 Å². The Morgan fingerprint density at radius 3 is 2.52 bits per heavy atom. The van der Waals surface area contributed by atoms with Gasteiger partial charge in [0.05, 0.1) is 12.3 Å². The van der Waals surface area contributed by atoms with Gasteiger partial charge in [-0.3, -0.25) is 0 Å². The van der Waals surface area contributed by atoms with Crippen LogP contribution in [0.25, 0.3) is 0 Å². The predicted molar refractivity (Wildman–Crippen MR) is 88.9 cm³/mol.